The lowest BCUT2D eigenvalue weighted by atomic mass is 10.1. The van der Waals surface area contributed by atoms with Gasteiger partial charge in [0, 0.05) is 13.2 Å². The van der Waals surface area contributed by atoms with Crippen LogP contribution in [0, 0.1) is 0 Å². The molecular weight excluding hydrogens is 596 g/mol. The smallest absolute Gasteiger partial charge is 0.264 e. The summed E-state index contributed by atoms with van der Waals surface area (Å²) in [6.07, 6.45) is 13.6. The summed E-state index contributed by atoms with van der Waals surface area (Å²) in [7, 11) is -3.92. The van der Waals surface area contributed by atoms with Crippen molar-refractivity contribution in [2.24, 2.45) is 0 Å². The molecule has 0 aromatic heterocycles. The number of hydrogen-bond donors (Lipinski definition) is 1. The van der Waals surface area contributed by atoms with E-state index in [9.17, 15) is 8.42 Å². The molecule has 266 valence electrons. The zero-order valence-corrected chi connectivity index (χ0v) is 28.4. The molecule has 0 saturated carbocycles. The van der Waals surface area contributed by atoms with Gasteiger partial charge in [0.05, 0.1) is 111 Å². The molecule has 0 aromatic rings. The van der Waals surface area contributed by atoms with Crippen molar-refractivity contribution >= 4 is 10.1 Å². The molecule has 0 saturated heterocycles. The number of rotatable bonds is 39. The second-order valence-corrected chi connectivity index (χ2v) is 11.9. The molecular formula is C31H64O12S. The van der Waals surface area contributed by atoms with Crippen LogP contribution in [0.2, 0.25) is 0 Å². The van der Waals surface area contributed by atoms with E-state index in [0.717, 1.165) is 13.0 Å². The van der Waals surface area contributed by atoms with Crippen molar-refractivity contribution in [3.63, 3.8) is 0 Å². The van der Waals surface area contributed by atoms with Gasteiger partial charge >= 0.3 is 0 Å². The average molecular weight is 661 g/mol. The molecule has 12 nitrogen and oxygen atoms in total. The summed E-state index contributed by atoms with van der Waals surface area (Å²) < 4.78 is 78.7. The molecule has 0 amide bonds. The molecule has 0 aliphatic heterocycles. The first-order chi connectivity index (χ1) is 21.6. The maximum absolute atomic E-state index is 10.6. The van der Waals surface area contributed by atoms with Gasteiger partial charge < -0.3 is 42.6 Å². The fraction of sp³-hybridized carbons (Fsp3) is 1.00. The lowest BCUT2D eigenvalue weighted by Crippen LogP contribution is -2.15. The maximum atomic E-state index is 10.6. The van der Waals surface area contributed by atoms with Gasteiger partial charge in [-0.2, -0.15) is 8.42 Å². The highest BCUT2D eigenvalue weighted by Gasteiger charge is 2.03. The molecule has 44 heavy (non-hydrogen) atoms. The molecule has 0 bridgehead atoms. The standard InChI is InChI=1S/C31H64O12S/c1-2-3-4-5-6-7-8-9-10-11-13-35-15-17-37-19-21-39-23-25-41-27-29-43-30-28-42-26-24-40-22-20-38-18-16-36-14-12-31-44(32,33)34/h2-31H2,1H3,(H,32,33,34). The molecule has 0 aliphatic rings. The van der Waals surface area contributed by atoms with E-state index < -0.39 is 10.1 Å². The Morgan fingerprint density at radius 1 is 0.341 bits per heavy atom. The SMILES string of the molecule is CCCCCCCCCCCCOCCOCCOCCOCCOCCOCCOCCOCCOCCCS(=O)(=O)O. The Morgan fingerprint density at radius 2 is 0.568 bits per heavy atom. The van der Waals surface area contributed by atoms with Crippen LogP contribution in [0.15, 0.2) is 0 Å². The van der Waals surface area contributed by atoms with Crippen LogP contribution in [-0.4, -0.2) is 138 Å². The van der Waals surface area contributed by atoms with Crippen LogP contribution in [0.4, 0.5) is 0 Å². The summed E-state index contributed by atoms with van der Waals surface area (Å²) in [5, 5.41) is 0. The van der Waals surface area contributed by atoms with E-state index >= 15 is 0 Å². The van der Waals surface area contributed by atoms with Gasteiger partial charge in [0.15, 0.2) is 0 Å². The van der Waals surface area contributed by atoms with E-state index in [1.54, 1.807) is 0 Å². The van der Waals surface area contributed by atoms with Gasteiger partial charge in [0.2, 0.25) is 0 Å². The second-order valence-electron chi connectivity index (χ2n) is 10.3. The van der Waals surface area contributed by atoms with Gasteiger partial charge in [-0.3, -0.25) is 4.55 Å². The molecule has 0 unspecified atom stereocenters. The zero-order valence-electron chi connectivity index (χ0n) is 27.6. The molecule has 0 aliphatic carbocycles. The van der Waals surface area contributed by atoms with Crippen LogP contribution in [0.1, 0.15) is 77.6 Å². The fourth-order valence-electron chi connectivity index (χ4n) is 3.90. The predicted molar refractivity (Wildman–Crippen MR) is 170 cm³/mol. The fourth-order valence-corrected chi connectivity index (χ4v) is 4.38. The summed E-state index contributed by atoms with van der Waals surface area (Å²) in [6, 6.07) is 0. The van der Waals surface area contributed by atoms with Crippen molar-refractivity contribution in [3.05, 3.63) is 0 Å². The minimum absolute atomic E-state index is 0.254. The Bertz CT molecular complexity index is 639. The first-order valence-corrected chi connectivity index (χ1v) is 18.3. The van der Waals surface area contributed by atoms with E-state index in [1.807, 2.05) is 0 Å². The monoisotopic (exact) mass is 660 g/mol. The predicted octanol–water partition coefficient (Wildman–Crippen LogP) is 4.33. The highest BCUT2D eigenvalue weighted by Crippen LogP contribution is 2.10. The van der Waals surface area contributed by atoms with Gasteiger partial charge in [-0.15, -0.1) is 0 Å². The Kier molecular flexibility index (Phi) is 36.6. The topological polar surface area (TPSA) is 137 Å². The highest BCUT2D eigenvalue weighted by atomic mass is 32.2. The van der Waals surface area contributed by atoms with Crippen LogP contribution in [-0.2, 0) is 52.7 Å². The Hall–Kier alpha value is -0.450. The molecule has 0 rings (SSSR count). The molecule has 0 atom stereocenters. The van der Waals surface area contributed by atoms with Crippen molar-refractivity contribution < 1.29 is 55.6 Å². The van der Waals surface area contributed by atoms with Crippen molar-refractivity contribution in [2.45, 2.75) is 77.6 Å². The number of hydrogen-bond acceptors (Lipinski definition) is 11. The molecule has 1 N–H and O–H groups in total. The third-order valence-electron chi connectivity index (χ3n) is 6.31. The highest BCUT2D eigenvalue weighted by molar-refractivity contribution is 7.85. The molecule has 0 fully saturated rings. The Balaban J connectivity index is 3.05. The van der Waals surface area contributed by atoms with Crippen LogP contribution >= 0.6 is 0 Å². The van der Waals surface area contributed by atoms with E-state index in [0.29, 0.717) is 106 Å². The Labute approximate surface area is 267 Å². The second kappa shape index (κ2) is 37.0. The molecule has 0 heterocycles. The quantitative estimate of drug-likeness (QED) is 0.0742. The minimum Gasteiger partial charge on any atom is -0.379 e. The van der Waals surface area contributed by atoms with Crippen molar-refractivity contribution in [1.29, 1.82) is 0 Å². The van der Waals surface area contributed by atoms with Crippen molar-refractivity contribution in [2.75, 3.05) is 125 Å². The van der Waals surface area contributed by atoms with E-state index in [2.05, 4.69) is 6.92 Å². The lowest BCUT2D eigenvalue weighted by molar-refractivity contribution is -0.0250. The first-order valence-electron chi connectivity index (χ1n) is 16.7. The summed E-state index contributed by atoms with van der Waals surface area (Å²) in [6.45, 7) is 11.3. The zero-order chi connectivity index (χ0) is 32.1. The minimum atomic E-state index is -3.92. The normalized spacial score (nSPS) is 12.0. The van der Waals surface area contributed by atoms with E-state index in [1.165, 1.54) is 57.8 Å². The first kappa shape index (κ1) is 43.5. The Morgan fingerprint density at radius 3 is 0.841 bits per heavy atom. The van der Waals surface area contributed by atoms with Gasteiger partial charge in [-0.25, -0.2) is 0 Å². The number of ether oxygens (including phenoxy) is 9. The summed E-state index contributed by atoms with van der Waals surface area (Å²) in [4.78, 5) is 0. The largest absolute Gasteiger partial charge is 0.379 e. The van der Waals surface area contributed by atoms with Crippen LogP contribution in [0.25, 0.3) is 0 Å². The summed E-state index contributed by atoms with van der Waals surface area (Å²) in [5.41, 5.74) is 0. The number of unbranched alkanes of at least 4 members (excludes halogenated alkanes) is 9. The van der Waals surface area contributed by atoms with Gasteiger partial charge in [0.25, 0.3) is 10.1 Å². The molecule has 13 heteroatoms. The third kappa shape index (κ3) is 41.5. The molecule has 0 radical (unpaired) electrons. The van der Waals surface area contributed by atoms with Crippen LogP contribution in [0.5, 0.6) is 0 Å². The van der Waals surface area contributed by atoms with Crippen LogP contribution < -0.4 is 0 Å². The van der Waals surface area contributed by atoms with Gasteiger partial charge in [0.1, 0.15) is 0 Å². The average Bonchev–Trinajstić information content (AvgIpc) is 3.00. The van der Waals surface area contributed by atoms with Crippen molar-refractivity contribution in [1.82, 2.24) is 0 Å². The molecule has 0 spiro atoms. The van der Waals surface area contributed by atoms with Crippen LogP contribution in [0.3, 0.4) is 0 Å². The van der Waals surface area contributed by atoms with Gasteiger partial charge in [-0.05, 0) is 12.8 Å². The summed E-state index contributed by atoms with van der Waals surface area (Å²) >= 11 is 0. The third-order valence-corrected chi connectivity index (χ3v) is 7.11. The summed E-state index contributed by atoms with van der Waals surface area (Å²) in [5.74, 6) is -0.298. The lowest BCUT2D eigenvalue weighted by Gasteiger charge is -2.09. The van der Waals surface area contributed by atoms with E-state index in [-0.39, 0.29) is 18.8 Å². The maximum Gasteiger partial charge on any atom is 0.264 e. The van der Waals surface area contributed by atoms with Crippen molar-refractivity contribution in [3.8, 4) is 0 Å². The van der Waals surface area contributed by atoms with E-state index in [4.69, 9.17) is 47.2 Å². The molecule has 0 aromatic carbocycles. The van der Waals surface area contributed by atoms with Gasteiger partial charge in [-0.1, -0.05) is 64.7 Å².